The van der Waals surface area contributed by atoms with Crippen molar-refractivity contribution in [1.82, 2.24) is 5.32 Å². The van der Waals surface area contributed by atoms with Crippen molar-refractivity contribution in [3.05, 3.63) is 53.2 Å². The van der Waals surface area contributed by atoms with Crippen molar-refractivity contribution in [2.24, 2.45) is 0 Å². The monoisotopic (exact) mass is 259 g/mol. The van der Waals surface area contributed by atoms with Crippen LogP contribution in [-0.4, -0.2) is 19.0 Å². The molecule has 0 spiro atoms. The molecule has 0 unspecified atom stereocenters. The number of methoxy groups -OCH3 is 1. The molecule has 1 aromatic carbocycles. The first kappa shape index (κ1) is 14.7. The van der Waals surface area contributed by atoms with Gasteiger partial charge in [0, 0.05) is 6.92 Å². The van der Waals surface area contributed by atoms with Crippen LogP contribution in [0.3, 0.4) is 0 Å². The summed E-state index contributed by atoms with van der Waals surface area (Å²) in [7, 11) is 1.28. The number of rotatable bonds is 4. The van der Waals surface area contributed by atoms with Crippen LogP contribution < -0.4 is 5.32 Å². The molecule has 0 radical (unpaired) electrons. The Morgan fingerprint density at radius 2 is 1.79 bits per heavy atom. The Kier molecular flexibility index (Phi) is 5.54. The summed E-state index contributed by atoms with van der Waals surface area (Å²) in [4.78, 5) is 22.6. The number of carbonyl (C=O) groups is 2. The van der Waals surface area contributed by atoms with Crippen LogP contribution in [0.5, 0.6) is 0 Å². The Bertz CT molecular complexity index is 515. The quantitative estimate of drug-likeness (QED) is 0.513. The summed E-state index contributed by atoms with van der Waals surface area (Å²) in [5.41, 5.74) is 1.79. The molecule has 1 amide bonds. The number of hydrogen-bond acceptors (Lipinski definition) is 3. The minimum absolute atomic E-state index is 0.155. The maximum Gasteiger partial charge on any atom is 0.354 e. The van der Waals surface area contributed by atoms with Crippen LogP contribution in [0.15, 0.2) is 47.7 Å². The van der Waals surface area contributed by atoms with Gasteiger partial charge in [0.1, 0.15) is 5.70 Å². The van der Waals surface area contributed by atoms with Crippen LogP contribution in [0.4, 0.5) is 0 Å². The smallest absolute Gasteiger partial charge is 0.354 e. The first-order valence-electron chi connectivity index (χ1n) is 5.84. The first-order valence-corrected chi connectivity index (χ1v) is 5.84. The predicted molar refractivity (Wildman–Crippen MR) is 74.0 cm³/mol. The molecule has 1 aromatic rings. The van der Waals surface area contributed by atoms with E-state index in [1.54, 1.807) is 13.0 Å². The number of ether oxygens (including phenoxy) is 1. The van der Waals surface area contributed by atoms with Crippen molar-refractivity contribution in [3.8, 4) is 0 Å². The van der Waals surface area contributed by atoms with E-state index in [0.717, 1.165) is 5.56 Å². The molecular weight excluding hydrogens is 242 g/mol. The van der Waals surface area contributed by atoms with Gasteiger partial charge in [-0.25, -0.2) is 4.79 Å². The molecule has 0 saturated heterocycles. The van der Waals surface area contributed by atoms with Crippen LogP contribution in [-0.2, 0) is 14.3 Å². The fourth-order valence-corrected chi connectivity index (χ4v) is 1.46. The molecule has 19 heavy (non-hydrogen) atoms. The number of amides is 1. The minimum atomic E-state index is -0.564. The SMILES string of the molecule is COC(=O)/C(NC(C)=O)=C(C)/C=C/c1ccccc1. The third kappa shape index (κ3) is 4.79. The molecule has 0 saturated carbocycles. The fraction of sp³-hybridized carbons (Fsp3) is 0.200. The molecule has 0 aliphatic rings. The van der Waals surface area contributed by atoms with Crippen LogP contribution in [0.25, 0.3) is 6.08 Å². The Morgan fingerprint density at radius 3 is 2.32 bits per heavy atom. The van der Waals surface area contributed by atoms with Crippen molar-refractivity contribution in [1.29, 1.82) is 0 Å². The molecule has 4 nitrogen and oxygen atoms in total. The second-order valence-electron chi connectivity index (χ2n) is 3.97. The standard InChI is InChI=1S/C15H17NO3/c1-11(9-10-13-7-5-4-6-8-13)14(15(18)19-3)16-12(2)17/h4-10H,1-3H3,(H,16,17)/b10-9+,14-11-. The second-order valence-corrected chi connectivity index (χ2v) is 3.97. The van der Waals surface area contributed by atoms with Gasteiger partial charge in [-0.2, -0.15) is 0 Å². The number of carbonyl (C=O) groups excluding carboxylic acids is 2. The van der Waals surface area contributed by atoms with E-state index in [-0.39, 0.29) is 11.6 Å². The van der Waals surface area contributed by atoms with E-state index in [0.29, 0.717) is 5.57 Å². The molecule has 0 fully saturated rings. The lowest BCUT2D eigenvalue weighted by molar-refractivity contribution is -0.137. The van der Waals surface area contributed by atoms with Crippen LogP contribution in [0.2, 0.25) is 0 Å². The average molecular weight is 259 g/mol. The number of esters is 1. The van der Waals surface area contributed by atoms with E-state index >= 15 is 0 Å². The Balaban J connectivity index is 2.99. The summed E-state index contributed by atoms with van der Waals surface area (Å²) < 4.78 is 4.64. The molecule has 0 aromatic heterocycles. The molecule has 0 heterocycles. The Labute approximate surface area is 112 Å². The van der Waals surface area contributed by atoms with Crippen LogP contribution in [0, 0.1) is 0 Å². The number of allylic oxidation sites excluding steroid dienone is 2. The zero-order chi connectivity index (χ0) is 14.3. The molecule has 4 heteroatoms. The van der Waals surface area contributed by atoms with Gasteiger partial charge < -0.3 is 10.1 Å². The van der Waals surface area contributed by atoms with Gasteiger partial charge in [-0.3, -0.25) is 4.79 Å². The average Bonchev–Trinajstić information content (AvgIpc) is 2.42. The molecule has 0 aliphatic carbocycles. The maximum absolute atomic E-state index is 11.6. The van der Waals surface area contributed by atoms with Crippen molar-refractivity contribution in [3.63, 3.8) is 0 Å². The van der Waals surface area contributed by atoms with E-state index in [1.165, 1.54) is 14.0 Å². The zero-order valence-corrected chi connectivity index (χ0v) is 11.3. The Morgan fingerprint density at radius 1 is 1.16 bits per heavy atom. The summed E-state index contributed by atoms with van der Waals surface area (Å²) in [5.74, 6) is -0.877. The summed E-state index contributed by atoms with van der Waals surface area (Å²) in [6.07, 6.45) is 3.62. The predicted octanol–water partition coefficient (Wildman–Crippen LogP) is 2.28. The van der Waals surface area contributed by atoms with Gasteiger partial charge >= 0.3 is 5.97 Å². The highest BCUT2D eigenvalue weighted by molar-refractivity contribution is 5.94. The normalized spacial score (nSPS) is 11.9. The van der Waals surface area contributed by atoms with Crippen molar-refractivity contribution in [2.75, 3.05) is 7.11 Å². The molecule has 0 atom stereocenters. The highest BCUT2D eigenvalue weighted by Gasteiger charge is 2.13. The zero-order valence-electron chi connectivity index (χ0n) is 11.3. The maximum atomic E-state index is 11.6. The van der Waals surface area contributed by atoms with E-state index in [9.17, 15) is 9.59 Å². The van der Waals surface area contributed by atoms with Gasteiger partial charge in [0.25, 0.3) is 0 Å². The topological polar surface area (TPSA) is 55.4 Å². The third-order valence-corrected chi connectivity index (χ3v) is 2.41. The minimum Gasteiger partial charge on any atom is -0.464 e. The van der Waals surface area contributed by atoms with E-state index in [1.807, 2.05) is 36.4 Å². The lowest BCUT2D eigenvalue weighted by atomic mass is 10.1. The third-order valence-electron chi connectivity index (χ3n) is 2.41. The van der Waals surface area contributed by atoms with Crippen LogP contribution >= 0.6 is 0 Å². The largest absolute Gasteiger partial charge is 0.464 e. The molecule has 0 bridgehead atoms. The van der Waals surface area contributed by atoms with Crippen molar-refractivity contribution < 1.29 is 14.3 Å². The molecule has 100 valence electrons. The number of nitrogens with one attached hydrogen (secondary N) is 1. The lowest BCUT2D eigenvalue weighted by Crippen LogP contribution is -2.26. The van der Waals surface area contributed by atoms with Gasteiger partial charge in [0.05, 0.1) is 7.11 Å². The van der Waals surface area contributed by atoms with Crippen LogP contribution in [0.1, 0.15) is 19.4 Å². The molecule has 1 N–H and O–H groups in total. The van der Waals surface area contributed by atoms with E-state index in [4.69, 9.17) is 0 Å². The van der Waals surface area contributed by atoms with E-state index < -0.39 is 5.97 Å². The number of hydrogen-bond donors (Lipinski definition) is 1. The number of benzene rings is 1. The Hall–Kier alpha value is -2.36. The highest BCUT2D eigenvalue weighted by atomic mass is 16.5. The molecule has 1 rings (SSSR count). The van der Waals surface area contributed by atoms with Gasteiger partial charge in [0.15, 0.2) is 0 Å². The summed E-state index contributed by atoms with van der Waals surface area (Å²) in [6, 6.07) is 9.67. The lowest BCUT2D eigenvalue weighted by Gasteiger charge is -2.08. The van der Waals surface area contributed by atoms with Gasteiger partial charge in [0.2, 0.25) is 5.91 Å². The van der Waals surface area contributed by atoms with Gasteiger partial charge in [-0.15, -0.1) is 0 Å². The fourth-order valence-electron chi connectivity index (χ4n) is 1.46. The highest BCUT2D eigenvalue weighted by Crippen LogP contribution is 2.09. The van der Waals surface area contributed by atoms with Crippen molar-refractivity contribution >= 4 is 18.0 Å². The second kappa shape index (κ2) is 7.16. The molecular formula is C15H17NO3. The summed E-state index contributed by atoms with van der Waals surface area (Å²) >= 11 is 0. The van der Waals surface area contributed by atoms with Crippen molar-refractivity contribution in [2.45, 2.75) is 13.8 Å². The van der Waals surface area contributed by atoms with E-state index in [2.05, 4.69) is 10.1 Å². The summed E-state index contributed by atoms with van der Waals surface area (Å²) in [5, 5.41) is 2.48. The van der Waals surface area contributed by atoms with Gasteiger partial charge in [-0.1, -0.05) is 42.5 Å². The molecule has 0 aliphatic heterocycles. The summed E-state index contributed by atoms with van der Waals surface area (Å²) in [6.45, 7) is 3.08. The van der Waals surface area contributed by atoms with Gasteiger partial charge in [-0.05, 0) is 18.1 Å². The first-order chi connectivity index (χ1) is 9.04.